The van der Waals surface area contributed by atoms with Crippen molar-refractivity contribution in [1.82, 2.24) is 9.38 Å². The summed E-state index contributed by atoms with van der Waals surface area (Å²) in [5.74, 6) is 0.323. The van der Waals surface area contributed by atoms with Gasteiger partial charge in [0.05, 0.1) is 25.4 Å². The summed E-state index contributed by atoms with van der Waals surface area (Å²) in [5.41, 5.74) is 2.08. The van der Waals surface area contributed by atoms with Gasteiger partial charge in [-0.25, -0.2) is 4.98 Å². The second kappa shape index (κ2) is 8.60. The highest BCUT2D eigenvalue weighted by molar-refractivity contribution is 6.30. The number of benzene rings is 1. The van der Waals surface area contributed by atoms with E-state index < -0.39 is 6.61 Å². The molecule has 1 aliphatic heterocycles. The van der Waals surface area contributed by atoms with Crippen LogP contribution in [-0.2, 0) is 11.3 Å². The van der Waals surface area contributed by atoms with Crippen LogP contribution in [0.15, 0.2) is 47.4 Å². The summed E-state index contributed by atoms with van der Waals surface area (Å²) in [4.78, 5) is 19.6. The molecule has 0 radical (unpaired) electrons. The molecule has 7 nitrogen and oxygen atoms in total. The van der Waals surface area contributed by atoms with Crippen LogP contribution in [0.25, 0.3) is 5.65 Å². The number of morpholine rings is 1. The molecule has 1 aromatic carbocycles. The average Bonchev–Trinajstić information content (AvgIpc) is 2.68. The minimum atomic E-state index is -0.414. The molecule has 2 N–H and O–H groups in total. The second-order valence-electron chi connectivity index (χ2n) is 6.25. The first-order valence-corrected chi connectivity index (χ1v) is 9.05. The predicted octanol–water partition coefficient (Wildman–Crippen LogP) is 3.06. The third kappa shape index (κ3) is 3.96. The molecule has 28 heavy (non-hydrogen) atoms. The average molecular weight is 403 g/mol. The minimum absolute atomic E-state index is 0. The Morgan fingerprint density at radius 3 is 2.71 bits per heavy atom. The molecule has 8 heteroatoms. The van der Waals surface area contributed by atoms with Gasteiger partial charge in [-0.05, 0) is 24.3 Å². The Bertz CT molecular complexity index is 1030. The van der Waals surface area contributed by atoms with Gasteiger partial charge in [-0.15, -0.1) is 0 Å². The first-order valence-electron chi connectivity index (χ1n) is 8.67. The Kier molecular flexibility index (Phi) is 6.18. The molecule has 1 aliphatic rings. The summed E-state index contributed by atoms with van der Waals surface area (Å²) in [6.45, 7) is 2.53. The molecule has 4 rings (SSSR count). The van der Waals surface area contributed by atoms with Crippen molar-refractivity contribution in [1.29, 1.82) is 0 Å². The summed E-state index contributed by atoms with van der Waals surface area (Å²) in [5, 5.41) is 13.4. The molecule has 0 atom stereocenters. The van der Waals surface area contributed by atoms with Crippen molar-refractivity contribution in [3.05, 3.63) is 63.5 Å². The number of ether oxygens (including phenoxy) is 1. The fourth-order valence-corrected chi connectivity index (χ4v) is 3.32. The van der Waals surface area contributed by atoms with Gasteiger partial charge in [-0.2, -0.15) is 0 Å². The fourth-order valence-electron chi connectivity index (χ4n) is 3.13. The van der Waals surface area contributed by atoms with E-state index in [-0.39, 0.29) is 18.5 Å². The number of aliphatic hydroxyl groups is 1. The maximum Gasteiger partial charge on any atom is 0.265 e. The van der Waals surface area contributed by atoms with Crippen LogP contribution in [0.5, 0.6) is 0 Å². The number of anilines is 3. The number of rotatable bonds is 4. The van der Waals surface area contributed by atoms with Gasteiger partial charge in [0.15, 0.2) is 0 Å². The normalized spacial score (nSPS) is 14.0. The molecule has 0 saturated carbocycles. The van der Waals surface area contributed by atoms with E-state index in [2.05, 4.69) is 15.2 Å². The third-order valence-electron chi connectivity index (χ3n) is 4.53. The number of pyridine rings is 1. The number of halogens is 1. The molecular formula is C20H23ClN4O3. The Balaban J connectivity index is 0.00000225. The first-order chi connectivity index (χ1) is 13.2. The Morgan fingerprint density at radius 1 is 1.21 bits per heavy atom. The monoisotopic (exact) mass is 402 g/mol. The van der Waals surface area contributed by atoms with Gasteiger partial charge in [0.1, 0.15) is 11.5 Å². The molecule has 0 unspecified atom stereocenters. The highest BCUT2D eigenvalue weighted by Crippen LogP contribution is 2.23. The summed E-state index contributed by atoms with van der Waals surface area (Å²) < 4.78 is 6.84. The van der Waals surface area contributed by atoms with Gasteiger partial charge >= 0.3 is 0 Å². The number of aliphatic hydroxyl groups excluding tert-OH is 1. The maximum atomic E-state index is 12.8. The first kappa shape index (κ1) is 20.1. The predicted molar refractivity (Wildman–Crippen MR) is 112 cm³/mol. The molecule has 0 amide bonds. The minimum Gasteiger partial charge on any atom is -0.391 e. The highest BCUT2D eigenvalue weighted by atomic mass is 35.5. The number of hydrogen-bond donors (Lipinski definition) is 2. The van der Waals surface area contributed by atoms with Crippen LogP contribution in [0.2, 0.25) is 5.02 Å². The SMILES string of the molecule is C.O=c1c(CO)c(Nc2cccc(Cl)c2)nc2cc(N3CCOCC3)ccn12. The number of nitrogens with zero attached hydrogens (tertiary/aromatic N) is 3. The molecular weight excluding hydrogens is 380 g/mol. The highest BCUT2D eigenvalue weighted by Gasteiger charge is 2.16. The van der Waals surface area contributed by atoms with Crippen LogP contribution < -0.4 is 15.8 Å². The Labute approximate surface area is 168 Å². The zero-order chi connectivity index (χ0) is 18.8. The van der Waals surface area contributed by atoms with Crippen molar-refractivity contribution in [2.75, 3.05) is 36.5 Å². The molecule has 0 bridgehead atoms. The van der Waals surface area contributed by atoms with Crippen LogP contribution in [0.3, 0.4) is 0 Å². The topological polar surface area (TPSA) is 79.1 Å². The molecule has 0 spiro atoms. The fraction of sp³-hybridized carbons (Fsp3) is 0.300. The second-order valence-corrected chi connectivity index (χ2v) is 6.69. The molecule has 148 valence electrons. The van der Waals surface area contributed by atoms with Gasteiger partial charge in [0.25, 0.3) is 5.56 Å². The van der Waals surface area contributed by atoms with Gasteiger partial charge in [0.2, 0.25) is 0 Å². The van der Waals surface area contributed by atoms with Gasteiger partial charge in [-0.1, -0.05) is 25.1 Å². The van der Waals surface area contributed by atoms with Gasteiger partial charge < -0.3 is 20.1 Å². The molecule has 1 fully saturated rings. The van der Waals surface area contributed by atoms with Crippen molar-refractivity contribution < 1.29 is 9.84 Å². The van der Waals surface area contributed by atoms with E-state index in [0.29, 0.717) is 35.4 Å². The van der Waals surface area contributed by atoms with Crippen LogP contribution >= 0.6 is 11.6 Å². The van der Waals surface area contributed by atoms with Gasteiger partial charge in [-0.3, -0.25) is 9.20 Å². The largest absolute Gasteiger partial charge is 0.391 e. The third-order valence-corrected chi connectivity index (χ3v) is 4.76. The van der Waals surface area contributed by atoms with Crippen molar-refractivity contribution in [3.8, 4) is 0 Å². The van der Waals surface area contributed by atoms with Crippen molar-refractivity contribution >= 4 is 34.4 Å². The number of nitrogens with one attached hydrogen (secondary N) is 1. The number of hydrogen-bond acceptors (Lipinski definition) is 6. The zero-order valence-corrected chi connectivity index (χ0v) is 15.3. The van der Waals surface area contributed by atoms with Crippen LogP contribution in [0.1, 0.15) is 13.0 Å². The lowest BCUT2D eigenvalue weighted by Gasteiger charge is -2.29. The van der Waals surface area contributed by atoms with Crippen LogP contribution in [0, 0.1) is 0 Å². The molecule has 2 aromatic heterocycles. The summed E-state index contributed by atoms with van der Waals surface area (Å²) in [6.07, 6.45) is 1.69. The zero-order valence-electron chi connectivity index (χ0n) is 14.6. The van der Waals surface area contributed by atoms with E-state index in [0.717, 1.165) is 18.8 Å². The smallest absolute Gasteiger partial charge is 0.265 e. The quantitative estimate of drug-likeness (QED) is 0.698. The number of fused-ring (bicyclic) bond motifs is 1. The Hall–Kier alpha value is -2.61. The summed E-state index contributed by atoms with van der Waals surface area (Å²) >= 11 is 6.03. The molecule has 3 aromatic rings. The Morgan fingerprint density at radius 2 is 2.00 bits per heavy atom. The molecule has 1 saturated heterocycles. The van der Waals surface area contributed by atoms with Gasteiger partial charge in [0, 0.05) is 41.8 Å². The standard InChI is InChI=1S/C19H19ClN4O3.CH4/c20-13-2-1-3-14(10-13)21-18-16(12-25)19(26)24-5-4-15(11-17(24)22-18)23-6-8-27-9-7-23;/h1-5,10-11,21,25H,6-9,12H2;1H4. The van der Waals surface area contributed by atoms with Crippen LogP contribution in [-0.4, -0.2) is 40.8 Å². The summed E-state index contributed by atoms with van der Waals surface area (Å²) in [7, 11) is 0. The van der Waals surface area contributed by atoms with E-state index in [4.69, 9.17) is 16.3 Å². The van der Waals surface area contributed by atoms with E-state index in [1.807, 2.05) is 18.2 Å². The van der Waals surface area contributed by atoms with Crippen molar-refractivity contribution in [2.45, 2.75) is 14.0 Å². The molecule has 0 aliphatic carbocycles. The molecule has 3 heterocycles. The van der Waals surface area contributed by atoms with E-state index >= 15 is 0 Å². The lowest BCUT2D eigenvalue weighted by molar-refractivity contribution is 0.122. The van der Waals surface area contributed by atoms with Crippen LogP contribution in [0.4, 0.5) is 17.2 Å². The lowest BCUT2D eigenvalue weighted by Crippen LogP contribution is -2.36. The van der Waals surface area contributed by atoms with E-state index in [9.17, 15) is 9.90 Å². The maximum absolute atomic E-state index is 12.8. The van der Waals surface area contributed by atoms with E-state index in [1.165, 1.54) is 4.40 Å². The lowest BCUT2D eigenvalue weighted by atomic mass is 10.2. The van der Waals surface area contributed by atoms with Crippen molar-refractivity contribution in [2.24, 2.45) is 0 Å². The van der Waals surface area contributed by atoms with E-state index in [1.54, 1.807) is 24.4 Å². The number of aromatic nitrogens is 2. The van der Waals surface area contributed by atoms with Crippen molar-refractivity contribution in [3.63, 3.8) is 0 Å². The summed E-state index contributed by atoms with van der Waals surface area (Å²) in [6, 6.07) is 10.9.